The molecule has 0 amide bonds. The van der Waals surface area contributed by atoms with Crippen LogP contribution in [-0.2, 0) is 12.7 Å². The van der Waals surface area contributed by atoms with Gasteiger partial charge in [-0.3, -0.25) is 0 Å². The monoisotopic (exact) mass is 372 g/mol. The number of rotatable bonds is 3. The van der Waals surface area contributed by atoms with Crippen LogP contribution in [0.3, 0.4) is 0 Å². The van der Waals surface area contributed by atoms with Gasteiger partial charge in [0.1, 0.15) is 11.6 Å². The fourth-order valence-electron chi connectivity index (χ4n) is 2.10. The number of benzene rings is 1. The van der Waals surface area contributed by atoms with Crippen LogP contribution in [0, 0.1) is 0 Å². The molecule has 0 aliphatic heterocycles. The second kappa shape index (κ2) is 6.41. The summed E-state index contributed by atoms with van der Waals surface area (Å²) in [6.07, 6.45) is -0.903. The van der Waals surface area contributed by atoms with Gasteiger partial charge in [0.15, 0.2) is 5.69 Å². The molecular formula is C15H9Cl2F3N4. The highest BCUT2D eigenvalue weighted by molar-refractivity contribution is 6.33. The zero-order chi connectivity index (χ0) is 17.3. The highest BCUT2D eigenvalue weighted by atomic mass is 35.5. The van der Waals surface area contributed by atoms with Crippen LogP contribution >= 0.6 is 23.2 Å². The Morgan fingerprint density at radius 1 is 1.04 bits per heavy atom. The molecule has 1 aromatic carbocycles. The topological polar surface area (TPSA) is 43.6 Å². The van der Waals surface area contributed by atoms with Gasteiger partial charge in [0.05, 0.1) is 16.6 Å². The second-order valence-electron chi connectivity index (χ2n) is 4.87. The second-order valence-corrected chi connectivity index (χ2v) is 5.72. The van der Waals surface area contributed by atoms with Crippen LogP contribution < -0.4 is 0 Å². The van der Waals surface area contributed by atoms with Crippen molar-refractivity contribution in [2.24, 2.45) is 0 Å². The van der Waals surface area contributed by atoms with E-state index in [0.717, 1.165) is 6.20 Å². The summed E-state index contributed by atoms with van der Waals surface area (Å²) in [6.45, 7) is 0.000799. The van der Waals surface area contributed by atoms with Crippen molar-refractivity contribution >= 4 is 23.2 Å². The van der Waals surface area contributed by atoms with Crippen LogP contribution in [-0.4, -0.2) is 19.5 Å². The highest BCUT2D eigenvalue weighted by Gasteiger charge is 2.35. The van der Waals surface area contributed by atoms with Gasteiger partial charge in [0.2, 0.25) is 0 Å². The number of nitrogens with zero attached hydrogens (tertiary/aromatic N) is 4. The molecule has 3 aromatic rings. The zero-order valence-electron chi connectivity index (χ0n) is 11.9. The first kappa shape index (κ1) is 16.7. The average Bonchev–Trinajstić information content (AvgIpc) is 2.94. The Hall–Kier alpha value is -2.12. The molecule has 0 saturated heterocycles. The van der Waals surface area contributed by atoms with Crippen molar-refractivity contribution in [2.45, 2.75) is 12.7 Å². The van der Waals surface area contributed by atoms with Gasteiger partial charge in [0, 0.05) is 24.2 Å². The largest absolute Gasteiger partial charge is 0.434 e. The molecule has 24 heavy (non-hydrogen) atoms. The molecule has 2 aromatic heterocycles. The first-order valence-electron chi connectivity index (χ1n) is 6.70. The molecule has 0 aliphatic carbocycles. The molecule has 0 unspecified atom stereocenters. The van der Waals surface area contributed by atoms with Gasteiger partial charge >= 0.3 is 6.18 Å². The number of hydrogen-bond donors (Lipinski definition) is 0. The van der Waals surface area contributed by atoms with E-state index in [9.17, 15) is 13.2 Å². The summed E-state index contributed by atoms with van der Waals surface area (Å²) in [5, 5.41) is 0.641. The van der Waals surface area contributed by atoms with E-state index in [1.807, 2.05) is 0 Å². The van der Waals surface area contributed by atoms with E-state index < -0.39 is 11.9 Å². The number of hydrogen-bond acceptors (Lipinski definition) is 3. The Morgan fingerprint density at radius 2 is 1.71 bits per heavy atom. The molecule has 3 rings (SSSR count). The molecule has 0 radical (unpaired) electrons. The van der Waals surface area contributed by atoms with E-state index in [0.29, 0.717) is 21.4 Å². The van der Waals surface area contributed by atoms with Gasteiger partial charge in [-0.25, -0.2) is 15.0 Å². The predicted molar refractivity (Wildman–Crippen MR) is 83.8 cm³/mol. The Bertz CT molecular complexity index is 860. The van der Waals surface area contributed by atoms with Crippen LogP contribution in [0.15, 0.2) is 42.9 Å². The number of imidazole rings is 1. The molecule has 0 fully saturated rings. The third-order valence-electron chi connectivity index (χ3n) is 3.17. The van der Waals surface area contributed by atoms with E-state index in [2.05, 4.69) is 15.0 Å². The Morgan fingerprint density at radius 3 is 2.33 bits per heavy atom. The van der Waals surface area contributed by atoms with Crippen LogP contribution in [0.4, 0.5) is 13.2 Å². The Balaban J connectivity index is 2.08. The maximum absolute atomic E-state index is 13.0. The fourth-order valence-corrected chi connectivity index (χ4v) is 2.42. The summed E-state index contributed by atoms with van der Waals surface area (Å²) in [5.74, 6) is 0.394. The maximum Gasteiger partial charge on any atom is 0.434 e. The van der Waals surface area contributed by atoms with Crippen LogP contribution in [0.2, 0.25) is 10.0 Å². The molecule has 0 aliphatic rings. The molecule has 0 bridgehead atoms. The van der Waals surface area contributed by atoms with E-state index in [4.69, 9.17) is 23.2 Å². The Labute approximate surface area is 144 Å². The summed E-state index contributed by atoms with van der Waals surface area (Å²) in [5.41, 5.74) is -0.616. The zero-order valence-corrected chi connectivity index (χ0v) is 13.4. The van der Waals surface area contributed by atoms with E-state index in [1.165, 1.54) is 17.0 Å². The molecule has 4 nitrogen and oxygen atoms in total. The van der Waals surface area contributed by atoms with E-state index in [1.54, 1.807) is 24.3 Å². The van der Waals surface area contributed by atoms with Crippen LogP contribution in [0.5, 0.6) is 0 Å². The molecule has 2 heterocycles. The molecular weight excluding hydrogens is 364 g/mol. The molecule has 124 valence electrons. The van der Waals surface area contributed by atoms with E-state index >= 15 is 0 Å². The normalized spacial score (nSPS) is 11.7. The number of alkyl halides is 3. The number of halogens is 5. The lowest BCUT2D eigenvalue weighted by atomic mass is 10.2. The minimum Gasteiger partial charge on any atom is -0.323 e. The van der Waals surface area contributed by atoms with Crippen LogP contribution in [0.25, 0.3) is 11.4 Å². The molecule has 0 spiro atoms. The summed E-state index contributed by atoms with van der Waals surface area (Å²) < 4.78 is 40.4. The van der Waals surface area contributed by atoms with Gasteiger partial charge in [-0.05, 0) is 12.1 Å². The maximum atomic E-state index is 13.0. The van der Waals surface area contributed by atoms with Crippen molar-refractivity contribution in [1.82, 2.24) is 19.5 Å². The summed E-state index contributed by atoms with van der Waals surface area (Å²) in [7, 11) is 0. The van der Waals surface area contributed by atoms with Gasteiger partial charge < -0.3 is 4.57 Å². The number of aromatic nitrogens is 4. The lowest BCUT2D eigenvalue weighted by Gasteiger charge is -2.08. The lowest BCUT2D eigenvalue weighted by molar-refractivity contribution is -0.140. The van der Waals surface area contributed by atoms with Crippen molar-refractivity contribution in [2.75, 3.05) is 0 Å². The predicted octanol–water partition coefficient (Wildman–Crippen LogP) is 4.71. The first-order valence-corrected chi connectivity index (χ1v) is 7.46. The summed E-state index contributed by atoms with van der Waals surface area (Å²) in [6, 6.07) is 6.55. The van der Waals surface area contributed by atoms with Gasteiger partial charge in [-0.1, -0.05) is 35.3 Å². The molecule has 0 N–H and O–H groups in total. The van der Waals surface area contributed by atoms with Crippen LogP contribution in [0.1, 0.15) is 11.5 Å². The third kappa shape index (κ3) is 3.52. The van der Waals surface area contributed by atoms with Gasteiger partial charge in [-0.2, -0.15) is 13.2 Å². The third-order valence-corrected chi connectivity index (χ3v) is 3.69. The van der Waals surface area contributed by atoms with Crippen molar-refractivity contribution in [3.8, 4) is 11.4 Å². The lowest BCUT2D eigenvalue weighted by Crippen LogP contribution is -2.06. The van der Waals surface area contributed by atoms with Crippen molar-refractivity contribution in [1.29, 1.82) is 0 Å². The smallest absolute Gasteiger partial charge is 0.323 e. The van der Waals surface area contributed by atoms with Gasteiger partial charge in [0.25, 0.3) is 0 Å². The Kier molecular flexibility index (Phi) is 4.47. The molecule has 0 saturated carbocycles. The van der Waals surface area contributed by atoms with E-state index in [-0.39, 0.29) is 12.4 Å². The minimum atomic E-state index is -4.57. The highest BCUT2D eigenvalue weighted by Crippen LogP contribution is 2.33. The van der Waals surface area contributed by atoms with Crippen molar-refractivity contribution in [3.05, 3.63) is 64.4 Å². The average molecular weight is 373 g/mol. The summed E-state index contributed by atoms with van der Waals surface area (Å²) >= 11 is 11.8. The summed E-state index contributed by atoms with van der Waals surface area (Å²) in [4.78, 5) is 11.7. The fraction of sp³-hybridized carbons (Fsp3) is 0.133. The van der Waals surface area contributed by atoms with Gasteiger partial charge in [-0.15, -0.1) is 0 Å². The quantitative estimate of drug-likeness (QED) is 0.668. The standard InChI is InChI=1S/C15H9Cl2F3N4/c16-9-5-21-13(22-6-9)8-24-7-12(15(18,19)20)23-14(24)10-3-1-2-4-11(10)17/h1-7H,8H2. The van der Waals surface area contributed by atoms with Crippen molar-refractivity contribution < 1.29 is 13.2 Å². The molecule has 0 atom stereocenters. The minimum absolute atomic E-state index is 0.000799. The molecule has 9 heteroatoms. The van der Waals surface area contributed by atoms with Crippen molar-refractivity contribution in [3.63, 3.8) is 0 Å². The first-order chi connectivity index (χ1) is 11.3. The SMILES string of the molecule is FC(F)(F)c1cn(Cc2ncc(Cl)cn2)c(-c2ccccc2Cl)n1.